The predicted molar refractivity (Wildman–Crippen MR) is 98.4 cm³/mol. The molecule has 1 fully saturated rings. The van der Waals surface area contributed by atoms with Crippen LogP contribution in [0.3, 0.4) is 0 Å². The van der Waals surface area contributed by atoms with E-state index in [0.717, 1.165) is 17.2 Å². The first-order valence-corrected chi connectivity index (χ1v) is 8.61. The molecule has 0 aromatic heterocycles. The quantitative estimate of drug-likeness (QED) is 0.783. The third-order valence-corrected chi connectivity index (χ3v) is 4.66. The van der Waals surface area contributed by atoms with Crippen molar-refractivity contribution in [3.63, 3.8) is 0 Å². The average molecular weight is 369 g/mol. The molecule has 0 bridgehead atoms. The molecule has 7 heteroatoms. The summed E-state index contributed by atoms with van der Waals surface area (Å²) in [7, 11) is 3.25. The van der Waals surface area contributed by atoms with E-state index in [4.69, 9.17) is 9.47 Å². The molecule has 27 heavy (non-hydrogen) atoms. The van der Waals surface area contributed by atoms with Crippen LogP contribution in [0.2, 0.25) is 0 Å². The van der Waals surface area contributed by atoms with Crippen LogP contribution in [0.4, 0.5) is 5.69 Å². The van der Waals surface area contributed by atoms with Crippen molar-refractivity contribution in [2.24, 2.45) is 0 Å². The minimum absolute atomic E-state index is 0.0569. The second-order valence-electron chi connectivity index (χ2n) is 6.18. The van der Waals surface area contributed by atoms with Gasteiger partial charge in [-0.15, -0.1) is 0 Å². The van der Waals surface area contributed by atoms with E-state index in [9.17, 15) is 14.7 Å². The van der Waals surface area contributed by atoms with E-state index in [1.807, 2.05) is 18.2 Å². The van der Waals surface area contributed by atoms with Crippen LogP contribution < -0.4 is 19.5 Å². The standard InChI is InChI=1S/C20H22N2O5/c1-26-16-7-8-18(27-2)17(13-16)21-9-11-22(12-10-21)19(23)14-3-5-15(6-4-14)20(24)25/h3-8,13H,9-12H2,1-2H3,(H,24,25)/p-1. The smallest absolute Gasteiger partial charge is 0.253 e. The third kappa shape index (κ3) is 3.97. The molecule has 1 aliphatic heterocycles. The van der Waals surface area contributed by atoms with E-state index in [1.165, 1.54) is 24.3 Å². The molecule has 0 atom stereocenters. The van der Waals surface area contributed by atoms with Gasteiger partial charge in [-0.1, -0.05) is 12.1 Å². The van der Waals surface area contributed by atoms with Gasteiger partial charge >= 0.3 is 0 Å². The molecule has 3 rings (SSSR count). The number of carbonyl (C=O) groups excluding carboxylic acids is 2. The zero-order valence-electron chi connectivity index (χ0n) is 15.3. The molecular formula is C20H21N2O5-. The summed E-state index contributed by atoms with van der Waals surface area (Å²) in [5, 5.41) is 10.8. The summed E-state index contributed by atoms with van der Waals surface area (Å²) in [4.78, 5) is 27.4. The van der Waals surface area contributed by atoms with Crippen LogP contribution in [0.1, 0.15) is 20.7 Å². The first-order chi connectivity index (χ1) is 13.0. The maximum Gasteiger partial charge on any atom is 0.253 e. The molecule has 1 amide bonds. The second kappa shape index (κ2) is 7.99. The van der Waals surface area contributed by atoms with Gasteiger partial charge in [0.1, 0.15) is 11.5 Å². The van der Waals surface area contributed by atoms with Gasteiger partial charge in [0.05, 0.1) is 25.9 Å². The van der Waals surface area contributed by atoms with E-state index in [2.05, 4.69) is 4.90 Å². The molecule has 2 aromatic rings. The summed E-state index contributed by atoms with van der Waals surface area (Å²) in [5.74, 6) is 0.137. The number of aromatic carboxylic acids is 1. The van der Waals surface area contributed by atoms with Gasteiger partial charge < -0.3 is 29.2 Å². The Morgan fingerprint density at radius 3 is 2.07 bits per heavy atom. The highest BCUT2D eigenvalue weighted by Crippen LogP contribution is 2.33. The Hall–Kier alpha value is -3.22. The lowest BCUT2D eigenvalue weighted by Gasteiger charge is -2.36. The number of hydrogen-bond donors (Lipinski definition) is 0. The number of anilines is 1. The zero-order chi connectivity index (χ0) is 19.4. The van der Waals surface area contributed by atoms with Crippen LogP contribution in [0, 0.1) is 0 Å². The van der Waals surface area contributed by atoms with Crippen LogP contribution in [0.15, 0.2) is 42.5 Å². The lowest BCUT2D eigenvalue weighted by atomic mass is 10.1. The molecule has 1 heterocycles. The highest BCUT2D eigenvalue weighted by molar-refractivity contribution is 5.95. The SMILES string of the molecule is COc1ccc(OC)c(N2CCN(C(=O)c3ccc(C(=O)[O-])cc3)CC2)c1. The van der Waals surface area contributed by atoms with Crippen molar-refractivity contribution in [3.05, 3.63) is 53.6 Å². The van der Waals surface area contributed by atoms with Crippen molar-refractivity contribution in [2.75, 3.05) is 45.3 Å². The number of carboxylic acids is 1. The van der Waals surface area contributed by atoms with Crippen molar-refractivity contribution in [1.82, 2.24) is 4.90 Å². The molecule has 0 saturated carbocycles. The van der Waals surface area contributed by atoms with Gasteiger partial charge in [0.15, 0.2) is 0 Å². The fourth-order valence-electron chi connectivity index (χ4n) is 3.13. The molecule has 1 aliphatic rings. The van der Waals surface area contributed by atoms with Crippen LogP contribution >= 0.6 is 0 Å². The Bertz CT molecular complexity index is 827. The van der Waals surface area contributed by atoms with Gasteiger partial charge in [-0.05, 0) is 29.8 Å². The molecule has 0 radical (unpaired) electrons. The third-order valence-electron chi connectivity index (χ3n) is 4.66. The zero-order valence-corrected chi connectivity index (χ0v) is 15.3. The Morgan fingerprint density at radius 1 is 0.889 bits per heavy atom. The monoisotopic (exact) mass is 369 g/mol. The summed E-state index contributed by atoms with van der Waals surface area (Å²) in [6.45, 7) is 2.43. The normalized spacial score (nSPS) is 14.0. The molecule has 0 N–H and O–H groups in total. The number of nitrogens with zero attached hydrogens (tertiary/aromatic N) is 2. The lowest BCUT2D eigenvalue weighted by Crippen LogP contribution is -2.48. The number of benzene rings is 2. The van der Waals surface area contributed by atoms with Crippen molar-refractivity contribution in [3.8, 4) is 11.5 Å². The number of hydrogen-bond acceptors (Lipinski definition) is 6. The van der Waals surface area contributed by atoms with E-state index >= 15 is 0 Å². The maximum atomic E-state index is 12.6. The van der Waals surface area contributed by atoms with Crippen molar-refractivity contribution < 1.29 is 24.2 Å². The second-order valence-corrected chi connectivity index (χ2v) is 6.18. The first-order valence-electron chi connectivity index (χ1n) is 8.61. The number of rotatable bonds is 5. The molecule has 0 spiro atoms. The number of ether oxygens (including phenoxy) is 2. The molecule has 7 nitrogen and oxygen atoms in total. The maximum absolute atomic E-state index is 12.6. The van der Waals surface area contributed by atoms with Crippen LogP contribution in [-0.4, -0.2) is 57.2 Å². The number of amides is 1. The minimum atomic E-state index is -1.25. The number of piperazine rings is 1. The summed E-state index contributed by atoms with van der Waals surface area (Å²) < 4.78 is 10.7. The summed E-state index contributed by atoms with van der Waals surface area (Å²) in [6.07, 6.45) is 0. The van der Waals surface area contributed by atoms with Gasteiger partial charge in [0.2, 0.25) is 0 Å². The predicted octanol–water partition coefficient (Wildman–Crippen LogP) is 1.03. The summed E-state index contributed by atoms with van der Waals surface area (Å²) >= 11 is 0. The molecule has 2 aromatic carbocycles. The van der Waals surface area contributed by atoms with E-state index in [-0.39, 0.29) is 11.5 Å². The van der Waals surface area contributed by atoms with Gasteiger partial charge in [-0.3, -0.25) is 4.79 Å². The largest absolute Gasteiger partial charge is 0.545 e. The molecular weight excluding hydrogens is 348 g/mol. The Balaban J connectivity index is 1.68. The fraction of sp³-hybridized carbons (Fsp3) is 0.300. The minimum Gasteiger partial charge on any atom is -0.545 e. The Kier molecular flexibility index (Phi) is 5.49. The summed E-state index contributed by atoms with van der Waals surface area (Å²) in [5.41, 5.74) is 1.45. The van der Waals surface area contributed by atoms with E-state index in [0.29, 0.717) is 31.7 Å². The van der Waals surface area contributed by atoms with Crippen molar-refractivity contribution in [1.29, 1.82) is 0 Å². The van der Waals surface area contributed by atoms with Crippen LogP contribution in [0.25, 0.3) is 0 Å². The number of carboxylic acid groups (broad SMARTS) is 1. The Labute approximate surface area is 157 Å². The van der Waals surface area contributed by atoms with Gasteiger partial charge in [-0.2, -0.15) is 0 Å². The molecule has 1 saturated heterocycles. The topological polar surface area (TPSA) is 82.1 Å². The first kappa shape index (κ1) is 18.6. The van der Waals surface area contributed by atoms with E-state index in [1.54, 1.807) is 19.1 Å². The lowest BCUT2D eigenvalue weighted by molar-refractivity contribution is -0.255. The van der Waals surface area contributed by atoms with Crippen LogP contribution in [-0.2, 0) is 0 Å². The van der Waals surface area contributed by atoms with E-state index < -0.39 is 5.97 Å². The average Bonchev–Trinajstić information content (AvgIpc) is 2.73. The molecule has 0 aliphatic carbocycles. The number of methoxy groups -OCH3 is 2. The van der Waals surface area contributed by atoms with Crippen molar-refractivity contribution in [2.45, 2.75) is 0 Å². The van der Waals surface area contributed by atoms with Crippen LogP contribution in [0.5, 0.6) is 11.5 Å². The van der Waals surface area contributed by atoms with Gasteiger partial charge in [0.25, 0.3) is 5.91 Å². The van der Waals surface area contributed by atoms with Gasteiger partial charge in [-0.25, -0.2) is 0 Å². The van der Waals surface area contributed by atoms with Gasteiger partial charge in [0, 0.05) is 37.8 Å². The highest BCUT2D eigenvalue weighted by Gasteiger charge is 2.24. The number of carbonyl (C=O) groups is 2. The molecule has 142 valence electrons. The van der Waals surface area contributed by atoms with Crippen molar-refractivity contribution >= 4 is 17.6 Å². The Morgan fingerprint density at radius 2 is 1.52 bits per heavy atom. The summed E-state index contributed by atoms with van der Waals surface area (Å²) in [6, 6.07) is 11.5. The fourth-order valence-corrected chi connectivity index (χ4v) is 3.13. The highest BCUT2D eigenvalue weighted by atomic mass is 16.5. The molecule has 0 unspecified atom stereocenters.